The Bertz CT molecular complexity index is 345. The molecule has 144 valence electrons. The lowest BCUT2D eigenvalue weighted by molar-refractivity contribution is 0.411. The Balaban J connectivity index is 0. The smallest absolute Gasteiger partial charge is 0.177 e. The highest BCUT2D eigenvalue weighted by Gasteiger charge is 2.38. The SMILES string of the molecule is C[Si](C)(C)O[P+](=O)O[Si](C)(C)C.C[Si](C)(C)O[P+](=O)O[Si](C)(C)C. The van der Waals surface area contributed by atoms with Crippen LogP contribution in [0.5, 0.6) is 0 Å². The van der Waals surface area contributed by atoms with E-state index in [1.165, 1.54) is 0 Å². The third-order valence-electron chi connectivity index (χ3n) is 1.39. The second-order valence-corrected chi connectivity index (χ2v) is 30.0. The second kappa shape index (κ2) is 10.3. The van der Waals surface area contributed by atoms with Crippen molar-refractivity contribution in [2.75, 3.05) is 0 Å². The first-order valence-electron chi connectivity index (χ1n) is 7.91. The van der Waals surface area contributed by atoms with Crippen molar-refractivity contribution < 1.29 is 26.0 Å². The van der Waals surface area contributed by atoms with Crippen LogP contribution in [0.2, 0.25) is 78.6 Å². The topological polar surface area (TPSA) is 71.1 Å². The standard InChI is InChI=1S/2C6H18O3PSi2/c2*1-11(2,3)8-10(7)9-12(4,5)6/h2*1-6H3/q2*+1. The predicted molar refractivity (Wildman–Crippen MR) is 113 cm³/mol. The molecule has 0 atom stereocenters. The molecule has 0 amide bonds. The molecule has 0 rings (SSSR count). The molecule has 6 nitrogen and oxygen atoms in total. The molecule has 0 radical (unpaired) electrons. The van der Waals surface area contributed by atoms with E-state index in [9.17, 15) is 9.13 Å². The van der Waals surface area contributed by atoms with Gasteiger partial charge in [0.1, 0.15) is 0 Å². The van der Waals surface area contributed by atoms with Crippen molar-refractivity contribution in [3.8, 4) is 0 Å². The zero-order valence-electron chi connectivity index (χ0n) is 17.3. The minimum absolute atomic E-state index is 1.71. The summed E-state index contributed by atoms with van der Waals surface area (Å²) < 4.78 is 43.6. The van der Waals surface area contributed by atoms with E-state index in [0.717, 1.165) is 0 Å². The van der Waals surface area contributed by atoms with Crippen LogP contribution in [0, 0.1) is 0 Å². The maximum atomic E-state index is 11.2. The van der Waals surface area contributed by atoms with Gasteiger partial charge in [0, 0.05) is 9.13 Å². The lowest BCUT2D eigenvalue weighted by Gasteiger charge is -2.09. The zero-order chi connectivity index (χ0) is 20.0. The van der Waals surface area contributed by atoms with Gasteiger partial charge in [0.05, 0.1) is 0 Å². The zero-order valence-corrected chi connectivity index (χ0v) is 23.1. The molecule has 0 spiro atoms. The number of hydrogen-bond donors (Lipinski definition) is 0. The second-order valence-electron chi connectivity index (χ2n) is 9.26. The highest BCUT2D eigenvalue weighted by atomic mass is 31.1. The summed E-state index contributed by atoms with van der Waals surface area (Å²) in [5.41, 5.74) is 0. The van der Waals surface area contributed by atoms with E-state index in [-0.39, 0.29) is 0 Å². The van der Waals surface area contributed by atoms with Crippen molar-refractivity contribution in [3.05, 3.63) is 0 Å². The van der Waals surface area contributed by atoms with Crippen molar-refractivity contribution in [2.45, 2.75) is 78.6 Å². The monoisotopic (exact) mass is 450 g/mol. The van der Waals surface area contributed by atoms with Gasteiger partial charge in [-0.15, -0.1) is 0 Å². The molecule has 0 aliphatic heterocycles. The Labute approximate surface area is 154 Å². The molecule has 24 heavy (non-hydrogen) atoms. The van der Waals surface area contributed by atoms with Gasteiger partial charge in [0.25, 0.3) is 33.3 Å². The summed E-state index contributed by atoms with van der Waals surface area (Å²) in [4.78, 5) is 0. The van der Waals surface area contributed by atoms with Gasteiger partial charge >= 0.3 is 16.5 Å². The number of rotatable bonds is 8. The first-order valence-corrected chi connectivity index (χ1v) is 23.7. The van der Waals surface area contributed by atoms with Crippen LogP contribution in [-0.4, -0.2) is 33.3 Å². The summed E-state index contributed by atoms with van der Waals surface area (Å²) in [6, 6.07) is 0. The molecule has 0 aliphatic rings. The van der Waals surface area contributed by atoms with Crippen LogP contribution in [-0.2, 0) is 26.0 Å². The highest BCUT2D eigenvalue weighted by Crippen LogP contribution is 2.33. The Morgan fingerprint density at radius 2 is 0.542 bits per heavy atom. The quantitative estimate of drug-likeness (QED) is 0.303. The van der Waals surface area contributed by atoms with E-state index in [1.807, 2.05) is 78.6 Å². The Morgan fingerprint density at radius 1 is 0.417 bits per heavy atom. The molecule has 0 saturated heterocycles. The lowest BCUT2D eigenvalue weighted by Crippen LogP contribution is -2.26. The average Bonchev–Trinajstić information content (AvgIpc) is 2.02. The van der Waals surface area contributed by atoms with E-state index in [0.29, 0.717) is 0 Å². The van der Waals surface area contributed by atoms with Crippen molar-refractivity contribution in [2.24, 2.45) is 0 Å². The van der Waals surface area contributed by atoms with Crippen LogP contribution in [0.1, 0.15) is 0 Å². The normalized spacial score (nSPS) is 13.2. The maximum absolute atomic E-state index is 11.2. The fraction of sp³-hybridized carbons (Fsp3) is 1.00. The fourth-order valence-electron chi connectivity index (χ4n) is 0.932. The third kappa shape index (κ3) is 25.2. The summed E-state index contributed by atoms with van der Waals surface area (Å²) in [6.07, 6.45) is 0. The summed E-state index contributed by atoms with van der Waals surface area (Å²) >= 11 is 0. The molecule has 0 fully saturated rings. The van der Waals surface area contributed by atoms with Gasteiger partial charge in [-0.05, 0) is 78.6 Å². The third-order valence-corrected chi connectivity index (χ3v) is 12.5. The van der Waals surface area contributed by atoms with E-state index in [1.54, 1.807) is 0 Å². The van der Waals surface area contributed by atoms with Crippen molar-refractivity contribution in [1.29, 1.82) is 0 Å². The van der Waals surface area contributed by atoms with Crippen LogP contribution in [0.3, 0.4) is 0 Å². The van der Waals surface area contributed by atoms with Gasteiger partial charge < -0.3 is 0 Å². The molecule has 0 bridgehead atoms. The lowest BCUT2D eigenvalue weighted by atomic mass is 11.8. The van der Waals surface area contributed by atoms with Gasteiger partial charge in [0.2, 0.25) is 0 Å². The minimum Gasteiger partial charge on any atom is -0.177 e. The van der Waals surface area contributed by atoms with E-state index in [2.05, 4.69) is 0 Å². The number of hydrogen-bond acceptors (Lipinski definition) is 6. The first-order chi connectivity index (χ1) is 10.2. The Hall–Kier alpha value is 0.908. The molecule has 0 N–H and O–H groups in total. The molecular formula is C12H36O6P2Si4+2. The van der Waals surface area contributed by atoms with Crippen LogP contribution >= 0.6 is 16.5 Å². The van der Waals surface area contributed by atoms with E-state index < -0.39 is 49.8 Å². The largest absolute Gasteiger partial charge is 0.673 e. The molecule has 0 aromatic rings. The summed E-state index contributed by atoms with van der Waals surface area (Å²) in [5, 5.41) is 0. The summed E-state index contributed by atoms with van der Waals surface area (Å²) in [6.45, 7) is 23.9. The van der Waals surface area contributed by atoms with Gasteiger partial charge in [-0.1, -0.05) is 0 Å². The molecule has 0 unspecified atom stereocenters. The molecule has 0 heterocycles. The Morgan fingerprint density at radius 3 is 0.625 bits per heavy atom. The van der Waals surface area contributed by atoms with E-state index >= 15 is 0 Å². The van der Waals surface area contributed by atoms with Crippen molar-refractivity contribution in [1.82, 2.24) is 0 Å². The average molecular weight is 451 g/mol. The minimum atomic E-state index is -1.88. The van der Waals surface area contributed by atoms with Gasteiger partial charge in [-0.3, -0.25) is 0 Å². The highest BCUT2D eigenvalue weighted by molar-refractivity contribution is 7.38. The molecule has 0 saturated carbocycles. The van der Waals surface area contributed by atoms with Crippen LogP contribution in [0.25, 0.3) is 0 Å². The molecular weight excluding hydrogens is 414 g/mol. The van der Waals surface area contributed by atoms with Crippen LogP contribution in [0.4, 0.5) is 0 Å². The summed E-state index contributed by atoms with van der Waals surface area (Å²) in [7, 11) is -10.6. The molecule has 0 aromatic heterocycles. The van der Waals surface area contributed by atoms with Gasteiger partial charge in [0.15, 0.2) is 0 Å². The Kier molecular flexibility index (Phi) is 11.6. The van der Waals surface area contributed by atoms with Crippen LogP contribution in [0.15, 0.2) is 0 Å². The van der Waals surface area contributed by atoms with Crippen LogP contribution < -0.4 is 0 Å². The van der Waals surface area contributed by atoms with E-state index in [4.69, 9.17) is 16.9 Å². The molecule has 0 aromatic carbocycles. The first kappa shape index (κ1) is 27.1. The van der Waals surface area contributed by atoms with Gasteiger partial charge in [-0.25, -0.2) is 0 Å². The van der Waals surface area contributed by atoms with Crippen molar-refractivity contribution in [3.63, 3.8) is 0 Å². The van der Waals surface area contributed by atoms with Gasteiger partial charge in [-0.2, -0.15) is 16.9 Å². The maximum Gasteiger partial charge on any atom is 0.673 e. The fourth-order valence-corrected chi connectivity index (χ4v) is 9.06. The predicted octanol–water partition coefficient (Wildman–Crippen LogP) is 6.69. The molecule has 12 heteroatoms. The summed E-state index contributed by atoms with van der Waals surface area (Å²) in [5.74, 6) is 0. The van der Waals surface area contributed by atoms with Crippen molar-refractivity contribution >= 4 is 49.8 Å². The molecule has 0 aliphatic carbocycles.